The first-order chi connectivity index (χ1) is 11.5. The number of hydrazine groups is 1. The Balaban J connectivity index is 1.82. The molecule has 0 bridgehead atoms. The minimum Gasteiger partial charge on any atom is -0.298 e. The molecule has 2 amide bonds. The lowest BCUT2D eigenvalue weighted by molar-refractivity contribution is 0.179. The van der Waals surface area contributed by atoms with Crippen LogP contribution in [0.25, 0.3) is 0 Å². The van der Waals surface area contributed by atoms with Crippen LogP contribution < -0.4 is 10.1 Å². The molecule has 6 nitrogen and oxygen atoms in total. The lowest BCUT2D eigenvalue weighted by Crippen LogP contribution is -2.47. The molecule has 2 aromatic carbocycles. The normalized spacial score (nSPS) is 17.1. The van der Waals surface area contributed by atoms with E-state index in [0.717, 1.165) is 11.3 Å². The number of sulfonamides is 1. The van der Waals surface area contributed by atoms with Crippen LogP contribution in [0.5, 0.6) is 0 Å². The van der Waals surface area contributed by atoms with Crippen molar-refractivity contribution in [3.8, 4) is 0 Å². The fourth-order valence-electron chi connectivity index (χ4n) is 2.50. The van der Waals surface area contributed by atoms with E-state index in [1.54, 1.807) is 18.2 Å². The van der Waals surface area contributed by atoms with Crippen LogP contribution in [0.15, 0.2) is 77.3 Å². The van der Waals surface area contributed by atoms with Gasteiger partial charge < -0.3 is 0 Å². The molecule has 0 fully saturated rings. The fourth-order valence-corrected chi connectivity index (χ4v) is 3.46. The molecule has 3 rings (SSSR count). The highest BCUT2D eigenvalue weighted by molar-refractivity contribution is 7.90. The van der Waals surface area contributed by atoms with E-state index in [4.69, 9.17) is 0 Å². The van der Waals surface area contributed by atoms with E-state index >= 15 is 0 Å². The first-order valence-corrected chi connectivity index (χ1v) is 8.87. The van der Waals surface area contributed by atoms with E-state index in [-0.39, 0.29) is 10.9 Å². The Bertz CT molecular complexity index is 864. The van der Waals surface area contributed by atoms with E-state index < -0.39 is 16.1 Å². The molecule has 1 unspecified atom stereocenters. The van der Waals surface area contributed by atoms with Crippen LogP contribution in [0.4, 0.5) is 4.79 Å². The summed E-state index contributed by atoms with van der Waals surface area (Å²) in [5.41, 5.74) is 4.55. The number of hydrogen-bond donors (Lipinski definition) is 2. The van der Waals surface area contributed by atoms with Crippen molar-refractivity contribution in [3.63, 3.8) is 0 Å². The zero-order valence-corrected chi connectivity index (χ0v) is 13.8. The van der Waals surface area contributed by atoms with Crippen LogP contribution >= 0.6 is 0 Å². The van der Waals surface area contributed by atoms with Crippen LogP contribution in [0.1, 0.15) is 18.5 Å². The molecule has 0 saturated carbocycles. The third-order valence-electron chi connectivity index (χ3n) is 3.62. The molecular weight excluding hydrogens is 326 g/mol. The third-order valence-corrected chi connectivity index (χ3v) is 4.95. The summed E-state index contributed by atoms with van der Waals surface area (Å²) in [5, 5.41) is 1.27. The topological polar surface area (TPSA) is 78.5 Å². The highest BCUT2D eigenvalue weighted by atomic mass is 32.2. The second kappa shape index (κ2) is 6.37. The van der Waals surface area contributed by atoms with Gasteiger partial charge in [-0.05, 0) is 30.7 Å². The Morgan fingerprint density at radius 1 is 1.04 bits per heavy atom. The molecule has 2 aromatic rings. The monoisotopic (exact) mass is 343 g/mol. The van der Waals surface area contributed by atoms with Crippen molar-refractivity contribution in [2.75, 3.05) is 0 Å². The van der Waals surface area contributed by atoms with Crippen molar-refractivity contribution >= 4 is 16.1 Å². The first-order valence-electron chi connectivity index (χ1n) is 7.38. The molecular formula is C17H17N3O3S. The Morgan fingerprint density at radius 2 is 1.62 bits per heavy atom. The lowest BCUT2D eigenvalue weighted by Gasteiger charge is -2.25. The summed E-state index contributed by atoms with van der Waals surface area (Å²) in [7, 11) is -3.92. The largest absolute Gasteiger partial charge is 0.350 e. The molecule has 0 aromatic heterocycles. The Hall–Kier alpha value is -2.80. The Kier molecular flexibility index (Phi) is 4.26. The molecule has 7 heteroatoms. The Morgan fingerprint density at radius 3 is 2.25 bits per heavy atom. The van der Waals surface area contributed by atoms with E-state index in [9.17, 15) is 13.2 Å². The van der Waals surface area contributed by atoms with Gasteiger partial charge in [-0.25, -0.2) is 22.9 Å². The van der Waals surface area contributed by atoms with Gasteiger partial charge in [-0.2, -0.15) is 0 Å². The average molecular weight is 343 g/mol. The van der Waals surface area contributed by atoms with Crippen molar-refractivity contribution in [2.24, 2.45) is 0 Å². The minimum absolute atomic E-state index is 0.0403. The van der Waals surface area contributed by atoms with Gasteiger partial charge >= 0.3 is 6.03 Å². The number of hydrogen-bond acceptors (Lipinski definition) is 4. The summed E-state index contributed by atoms with van der Waals surface area (Å²) < 4.78 is 26.7. The third kappa shape index (κ3) is 3.26. The van der Waals surface area contributed by atoms with Gasteiger partial charge in [0.25, 0.3) is 10.0 Å². The number of carbonyl (C=O) groups is 1. The van der Waals surface area contributed by atoms with E-state index in [2.05, 4.69) is 10.1 Å². The molecule has 1 aliphatic heterocycles. The zero-order valence-electron chi connectivity index (χ0n) is 13.0. The van der Waals surface area contributed by atoms with Crippen LogP contribution in [0, 0.1) is 0 Å². The molecule has 1 atom stereocenters. The van der Waals surface area contributed by atoms with E-state index in [1.165, 1.54) is 17.1 Å². The molecule has 0 radical (unpaired) electrons. The molecule has 0 spiro atoms. The van der Waals surface area contributed by atoms with Gasteiger partial charge in [0.1, 0.15) is 6.04 Å². The zero-order chi connectivity index (χ0) is 17.2. The van der Waals surface area contributed by atoms with Gasteiger partial charge in [0.05, 0.1) is 4.90 Å². The maximum Gasteiger partial charge on any atom is 0.350 e. The molecule has 24 heavy (non-hydrogen) atoms. The van der Waals surface area contributed by atoms with E-state index in [1.807, 2.05) is 43.3 Å². The summed E-state index contributed by atoms with van der Waals surface area (Å²) in [5.74, 6) is 0. The van der Waals surface area contributed by atoms with Crippen molar-refractivity contribution in [1.29, 1.82) is 0 Å². The SMILES string of the molecule is CC1=CC(c2ccccc2)N(C(=O)NS(=O)(=O)c2ccccc2)N1. The van der Waals surface area contributed by atoms with Crippen LogP contribution in [-0.2, 0) is 10.0 Å². The molecule has 0 aliphatic carbocycles. The number of rotatable bonds is 3. The van der Waals surface area contributed by atoms with Gasteiger partial charge in [-0.15, -0.1) is 0 Å². The van der Waals surface area contributed by atoms with Gasteiger partial charge in [-0.1, -0.05) is 48.5 Å². The van der Waals surface area contributed by atoms with Gasteiger partial charge in [0.2, 0.25) is 0 Å². The maximum absolute atomic E-state index is 12.5. The predicted molar refractivity (Wildman–Crippen MR) is 90.1 cm³/mol. The smallest absolute Gasteiger partial charge is 0.298 e. The molecule has 124 valence electrons. The molecule has 1 aliphatic rings. The number of carbonyl (C=O) groups excluding carboxylic acids is 1. The highest BCUT2D eigenvalue weighted by Gasteiger charge is 2.31. The average Bonchev–Trinajstić information content (AvgIpc) is 2.98. The summed E-state index contributed by atoms with van der Waals surface area (Å²) in [6.07, 6.45) is 1.87. The number of benzene rings is 2. The number of nitrogens with zero attached hydrogens (tertiary/aromatic N) is 1. The molecule has 1 heterocycles. The van der Waals surface area contributed by atoms with Crippen molar-refractivity contribution < 1.29 is 13.2 Å². The number of amides is 2. The van der Waals surface area contributed by atoms with E-state index in [0.29, 0.717) is 0 Å². The summed E-state index contributed by atoms with van der Waals surface area (Å²) in [6.45, 7) is 1.81. The van der Waals surface area contributed by atoms with Gasteiger partial charge in [0, 0.05) is 5.70 Å². The van der Waals surface area contributed by atoms with Crippen LogP contribution in [-0.4, -0.2) is 19.5 Å². The standard InChI is InChI=1S/C17H17N3O3S/c1-13-12-16(14-8-4-2-5-9-14)20(18-13)17(21)19-24(22,23)15-10-6-3-7-11-15/h2-12,16,18H,1H3,(H,19,21). The quantitative estimate of drug-likeness (QED) is 0.898. The first kappa shape index (κ1) is 16.1. The summed E-state index contributed by atoms with van der Waals surface area (Å²) in [4.78, 5) is 12.5. The minimum atomic E-state index is -3.92. The number of nitrogens with one attached hydrogen (secondary N) is 2. The second-order valence-corrected chi connectivity index (χ2v) is 7.09. The lowest BCUT2D eigenvalue weighted by atomic mass is 10.1. The number of allylic oxidation sites excluding steroid dienone is 1. The maximum atomic E-state index is 12.5. The molecule has 0 saturated heterocycles. The molecule has 2 N–H and O–H groups in total. The summed E-state index contributed by atoms with van der Waals surface area (Å²) >= 11 is 0. The van der Waals surface area contributed by atoms with Crippen molar-refractivity contribution in [3.05, 3.63) is 78.0 Å². The van der Waals surface area contributed by atoms with Crippen LogP contribution in [0.3, 0.4) is 0 Å². The van der Waals surface area contributed by atoms with Crippen molar-refractivity contribution in [1.82, 2.24) is 15.2 Å². The second-order valence-electron chi connectivity index (χ2n) is 5.41. The predicted octanol–water partition coefficient (Wildman–Crippen LogP) is 2.55. The fraction of sp³-hybridized carbons (Fsp3) is 0.118. The highest BCUT2D eigenvalue weighted by Crippen LogP contribution is 2.27. The van der Waals surface area contributed by atoms with Crippen LogP contribution in [0.2, 0.25) is 0 Å². The summed E-state index contributed by atoms with van der Waals surface area (Å²) in [6, 6.07) is 16.1. The van der Waals surface area contributed by atoms with Crippen molar-refractivity contribution in [2.45, 2.75) is 17.9 Å². The van der Waals surface area contributed by atoms with Gasteiger partial charge in [0.15, 0.2) is 0 Å². The Labute approximate surface area is 140 Å². The van der Waals surface area contributed by atoms with Gasteiger partial charge in [-0.3, -0.25) is 5.43 Å². The number of urea groups is 1.